The molecule has 4 atom stereocenters. The summed E-state index contributed by atoms with van der Waals surface area (Å²) in [5, 5.41) is 17.3. The lowest BCUT2D eigenvalue weighted by Gasteiger charge is -2.37. The zero-order valence-electron chi connectivity index (χ0n) is 23.4. The van der Waals surface area contributed by atoms with Crippen LogP contribution in [0.1, 0.15) is 29.8 Å². The number of hydrogen-bond donors (Lipinski definition) is 2. The second kappa shape index (κ2) is 11.3. The number of aromatic nitrogens is 4. The Morgan fingerprint density at radius 1 is 1.02 bits per heavy atom. The van der Waals surface area contributed by atoms with E-state index in [1.165, 1.54) is 24.1 Å². The van der Waals surface area contributed by atoms with E-state index in [9.17, 15) is 5.11 Å². The molecule has 2 N–H and O–H groups in total. The van der Waals surface area contributed by atoms with Crippen molar-refractivity contribution in [2.75, 3.05) is 19.0 Å². The summed E-state index contributed by atoms with van der Waals surface area (Å²) in [5.74, 6) is 0.194. The number of rotatable bonds is 9. The third-order valence-electron chi connectivity index (χ3n) is 8.10. The van der Waals surface area contributed by atoms with Crippen LogP contribution in [0.15, 0.2) is 103 Å². The van der Waals surface area contributed by atoms with Crippen molar-refractivity contribution in [1.29, 1.82) is 0 Å². The normalized spacial score (nSPS) is 21.8. The van der Waals surface area contributed by atoms with Gasteiger partial charge in [0.1, 0.15) is 17.6 Å². The molecule has 5 aromatic rings. The second-order valence-electron chi connectivity index (χ2n) is 10.3. The lowest BCUT2D eigenvalue weighted by molar-refractivity contribution is -0.107. The average molecular weight is 581 g/mol. The maximum absolute atomic E-state index is 15.6. The number of aliphatic hydroxyl groups is 1. The number of benzene rings is 3. The van der Waals surface area contributed by atoms with Gasteiger partial charge in [-0.25, -0.2) is 19.3 Å². The lowest BCUT2D eigenvalue weighted by atomic mass is 9.77. The molecule has 0 saturated carbocycles. The molecule has 0 aliphatic carbocycles. The van der Waals surface area contributed by atoms with Crippen LogP contribution in [0.3, 0.4) is 0 Å². The van der Waals surface area contributed by atoms with Crippen LogP contribution < -0.4 is 10.1 Å². The molecule has 11 nitrogen and oxygen atoms in total. The third-order valence-corrected chi connectivity index (χ3v) is 8.10. The first-order chi connectivity index (χ1) is 21.0. The van der Waals surface area contributed by atoms with Crippen molar-refractivity contribution in [3.63, 3.8) is 0 Å². The van der Waals surface area contributed by atoms with Crippen molar-refractivity contribution in [3.8, 4) is 5.75 Å². The Kier molecular flexibility index (Phi) is 7.41. The number of hydrogen-bond acceptors (Lipinski definition) is 8. The molecule has 0 bridgehead atoms. The van der Waals surface area contributed by atoms with E-state index in [1.54, 1.807) is 7.11 Å². The van der Waals surface area contributed by atoms with Crippen molar-refractivity contribution in [2.45, 2.75) is 30.6 Å². The zero-order valence-corrected chi connectivity index (χ0v) is 23.4. The number of azide groups is 1. The van der Waals surface area contributed by atoms with Crippen molar-refractivity contribution >= 4 is 17.0 Å². The number of alkyl halides is 1. The number of imidazole rings is 1. The molecule has 1 fully saturated rings. The van der Waals surface area contributed by atoms with E-state index in [4.69, 9.17) is 15.0 Å². The topological polar surface area (TPSA) is 143 Å². The highest BCUT2D eigenvalue weighted by atomic mass is 19.1. The predicted octanol–water partition coefficient (Wildman–Crippen LogP) is 5.74. The van der Waals surface area contributed by atoms with Gasteiger partial charge in [-0.05, 0) is 34.4 Å². The summed E-state index contributed by atoms with van der Waals surface area (Å²) in [6.07, 6.45) is -0.0721. The molecule has 218 valence electrons. The quantitative estimate of drug-likeness (QED) is 0.0979. The highest BCUT2D eigenvalue weighted by Gasteiger charge is 2.54. The van der Waals surface area contributed by atoms with Gasteiger partial charge in [-0.2, -0.15) is 0 Å². The standard InChI is InChI=1S/C31H29FN8O3/c1-20-25(32)29(43-30(20,17-41)38-39-33)40-19-36-26-27(34-18-35-28(26)40)37-31(21-9-5-3-6-10-21,22-11-7-4-8-12-22)23-13-15-24(42-2)16-14-23/h3-16,18-20,25,29,41H,17H2,1-2H3,(H,34,35,37)/t20-,25+,29+,30+/m0/s1. The molecule has 0 unspecified atom stereocenters. The number of nitrogens with one attached hydrogen (secondary N) is 1. The molecule has 2 aromatic heterocycles. The van der Waals surface area contributed by atoms with E-state index in [0.717, 1.165) is 16.7 Å². The van der Waals surface area contributed by atoms with Crippen LogP contribution in [0.4, 0.5) is 10.2 Å². The molecular formula is C31H29FN8O3. The number of nitrogens with zero attached hydrogens (tertiary/aromatic N) is 7. The Hall–Kier alpha value is -5.03. The lowest BCUT2D eigenvalue weighted by Crippen LogP contribution is -2.38. The van der Waals surface area contributed by atoms with Crippen molar-refractivity contribution in [2.24, 2.45) is 11.0 Å². The fourth-order valence-corrected chi connectivity index (χ4v) is 5.73. The number of methoxy groups -OCH3 is 1. The summed E-state index contributed by atoms with van der Waals surface area (Å²) in [4.78, 5) is 16.4. The fourth-order valence-electron chi connectivity index (χ4n) is 5.73. The summed E-state index contributed by atoms with van der Waals surface area (Å²) in [5.41, 5.74) is 9.84. The molecule has 0 spiro atoms. The van der Waals surface area contributed by atoms with Crippen molar-refractivity contribution in [1.82, 2.24) is 19.5 Å². The van der Waals surface area contributed by atoms with E-state index >= 15 is 4.39 Å². The van der Waals surface area contributed by atoms with Crippen molar-refractivity contribution in [3.05, 3.63) is 125 Å². The first-order valence-corrected chi connectivity index (χ1v) is 13.7. The second-order valence-corrected chi connectivity index (χ2v) is 10.3. The molecule has 1 aliphatic heterocycles. The summed E-state index contributed by atoms with van der Waals surface area (Å²) < 4.78 is 28.4. The van der Waals surface area contributed by atoms with Crippen LogP contribution in [-0.4, -0.2) is 50.2 Å². The van der Waals surface area contributed by atoms with Gasteiger partial charge in [0, 0.05) is 10.8 Å². The number of aliphatic hydroxyl groups excluding tert-OH is 1. The van der Waals surface area contributed by atoms with Gasteiger partial charge in [-0.1, -0.05) is 84.8 Å². The molecule has 1 saturated heterocycles. The van der Waals surface area contributed by atoms with Crippen LogP contribution in [0.25, 0.3) is 21.6 Å². The molecule has 0 amide bonds. The van der Waals surface area contributed by atoms with Gasteiger partial charge in [0.05, 0.1) is 20.0 Å². The number of anilines is 1. The molecule has 12 heteroatoms. The van der Waals surface area contributed by atoms with Gasteiger partial charge in [-0.15, -0.1) is 0 Å². The molecule has 43 heavy (non-hydrogen) atoms. The fraction of sp³-hybridized carbons (Fsp3) is 0.258. The van der Waals surface area contributed by atoms with Gasteiger partial charge < -0.3 is 19.9 Å². The molecular weight excluding hydrogens is 551 g/mol. The first kappa shape index (κ1) is 28.1. The Labute approximate surface area is 246 Å². The van der Waals surface area contributed by atoms with Gasteiger partial charge in [0.15, 0.2) is 35.1 Å². The average Bonchev–Trinajstić information content (AvgIpc) is 3.60. The Morgan fingerprint density at radius 3 is 2.23 bits per heavy atom. The highest BCUT2D eigenvalue weighted by molar-refractivity contribution is 5.84. The van der Waals surface area contributed by atoms with Gasteiger partial charge in [0.25, 0.3) is 0 Å². The SMILES string of the molecule is COc1ccc(C(Nc2ncnc3c2ncn3[C@@H]2O[C@@](CO)(N=[N+]=[N-])[C@@H](C)[C@H]2F)(c2ccccc2)c2ccccc2)cc1. The van der Waals surface area contributed by atoms with Crippen LogP contribution in [-0.2, 0) is 10.3 Å². The molecule has 3 heterocycles. The van der Waals surface area contributed by atoms with E-state index in [1.807, 2.05) is 84.9 Å². The van der Waals surface area contributed by atoms with Gasteiger partial charge >= 0.3 is 0 Å². The van der Waals surface area contributed by atoms with Crippen LogP contribution in [0.5, 0.6) is 5.75 Å². The Morgan fingerprint density at radius 2 is 1.65 bits per heavy atom. The smallest absolute Gasteiger partial charge is 0.178 e. The molecule has 1 aliphatic rings. The van der Waals surface area contributed by atoms with Gasteiger partial charge in [0.2, 0.25) is 0 Å². The molecule has 6 rings (SSSR count). The van der Waals surface area contributed by atoms with E-state index in [2.05, 4.69) is 30.3 Å². The van der Waals surface area contributed by atoms with Crippen molar-refractivity contribution < 1.29 is 19.0 Å². The zero-order chi connectivity index (χ0) is 30.0. The number of ether oxygens (including phenoxy) is 2. The summed E-state index contributed by atoms with van der Waals surface area (Å²) in [7, 11) is 1.62. The molecule has 0 radical (unpaired) electrons. The first-order valence-electron chi connectivity index (χ1n) is 13.7. The maximum Gasteiger partial charge on any atom is 0.178 e. The predicted molar refractivity (Wildman–Crippen MR) is 158 cm³/mol. The Bertz CT molecular complexity index is 1720. The monoisotopic (exact) mass is 580 g/mol. The van der Waals surface area contributed by atoms with Crippen LogP contribution >= 0.6 is 0 Å². The Balaban J connectivity index is 1.52. The summed E-state index contributed by atoms with van der Waals surface area (Å²) >= 11 is 0. The maximum atomic E-state index is 15.6. The van der Waals surface area contributed by atoms with Gasteiger partial charge in [-0.3, -0.25) is 4.57 Å². The number of fused-ring (bicyclic) bond motifs is 1. The summed E-state index contributed by atoms with van der Waals surface area (Å²) in [6, 6.07) is 27.7. The van der Waals surface area contributed by atoms with Crippen LogP contribution in [0.2, 0.25) is 0 Å². The minimum absolute atomic E-state index is 0.303. The molecule has 3 aromatic carbocycles. The minimum atomic E-state index is -1.76. The largest absolute Gasteiger partial charge is 0.497 e. The van der Waals surface area contributed by atoms with E-state index in [0.29, 0.717) is 22.7 Å². The third kappa shape index (κ3) is 4.62. The number of halogens is 1. The van der Waals surface area contributed by atoms with E-state index < -0.39 is 36.2 Å². The minimum Gasteiger partial charge on any atom is -0.497 e. The summed E-state index contributed by atoms with van der Waals surface area (Å²) in [6.45, 7) is 0.849. The van der Waals surface area contributed by atoms with Crippen LogP contribution in [0, 0.1) is 5.92 Å². The van der Waals surface area contributed by atoms with E-state index in [-0.39, 0.29) is 0 Å². The highest BCUT2D eigenvalue weighted by Crippen LogP contribution is 2.46.